The lowest BCUT2D eigenvalue weighted by Crippen LogP contribution is -2.26. The third-order valence-electron chi connectivity index (χ3n) is 3.26. The van der Waals surface area contributed by atoms with E-state index in [4.69, 9.17) is 5.73 Å². The second kappa shape index (κ2) is 4.94. The van der Waals surface area contributed by atoms with Crippen LogP contribution in [0.1, 0.15) is 19.5 Å². The van der Waals surface area contributed by atoms with E-state index in [9.17, 15) is 0 Å². The summed E-state index contributed by atoms with van der Waals surface area (Å²) in [5.74, 6) is 0. The van der Waals surface area contributed by atoms with Crippen LogP contribution in [-0.2, 0) is 13.5 Å². The molecule has 3 heteroatoms. The van der Waals surface area contributed by atoms with Crippen LogP contribution in [0.25, 0.3) is 11.3 Å². The summed E-state index contributed by atoms with van der Waals surface area (Å²) >= 11 is 0. The molecule has 0 radical (unpaired) electrons. The van der Waals surface area contributed by atoms with Gasteiger partial charge in [-0.15, -0.1) is 0 Å². The average Bonchev–Trinajstić information content (AvgIpc) is 2.72. The van der Waals surface area contributed by atoms with Crippen LogP contribution in [-0.4, -0.2) is 16.3 Å². The fourth-order valence-corrected chi connectivity index (χ4v) is 1.98. The number of benzene rings is 1. The molecule has 0 amide bonds. The van der Waals surface area contributed by atoms with E-state index in [1.165, 1.54) is 5.69 Å². The van der Waals surface area contributed by atoms with Crippen LogP contribution in [0.4, 0.5) is 0 Å². The number of rotatable bonds is 4. The topological polar surface area (TPSA) is 43.8 Å². The summed E-state index contributed by atoms with van der Waals surface area (Å²) in [6, 6.07) is 12.4. The summed E-state index contributed by atoms with van der Waals surface area (Å²) in [6.07, 6.45) is 0.944. The quantitative estimate of drug-likeness (QED) is 0.897. The highest BCUT2D eigenvalue weighted by atomic mass is 15.3. The molecule has 0 aliphatic rings. The Morgan fingerprint density at radius 3 is 2.50 bits per heavy atom. The monoisotopic (exact) mass is 243 g/mol. The van der Waals surface area contributed by atoms with E-state index < -0.39 is 0 Å². The van der Waals surface area contributed by atoms with E-state index in [1.54, 1.807) is 0 Å². The maximum atomic E-state index is 5.79. The molecule has 2 rings (SSSR count). The Bertz CT molecular complexity index is 512. The van der Waals surface area contributed by atoms with Crippen molar-refractivity contribution < 1.29 is 0 Å². The first kappa shape index (κ1) is 12.8. The fraction of sp³-hybridized carbons (Fsp3) is 0.400. The van der Waals surface area contributed by atoms with Crippen molar-refractivity contribution in [3.63, 3.8) is 0 Å². The first-order chi connectivity index (χ1) is 8.52. The van der Waals surface area contributed by atoms with Crippen LogP contribution >= 0.6 is 0 Å². The molecule has 0 saturated heterocycles. The summed E-state index contributed by atoms with van der Waals surface area (Å²) < 4.78 is 1.96. The Kier molecular flexibility index (Phi) is 3.53. The van der Waals surface area contributed by atoms with Crippen molar-refractivity contribution in [3.8, 4) is 11.3 Å². The van der Waals surface area contributed by atoms with Crippen LogP contribution < -0.4 is 5.73 Å². The van der Waals surface area contributed by atoms with Gasteiger partial charge in [-0.2, -0.15) is 5.10 Å². The number of aryl methyl sites for hydroxylation is 1. The van der Waals surface area contributed by atoms with Gasteiger partial charge in [-0.3, -0.25) is 4.68 Å². The summed E-state index contributed by atoms with van der Waals surface area (Å²) in [5, 5.41) is 4.58. The molecule has 0 bridgehead atoms. The highest BCUT2D eigenvalue weighted by Crippen LogP contribution is 2.24. The standard InChI is InChI=1S/C15H21N3/c1-15(2,11-16)10-13-9-14(17-18(13)3)12-7-5-4-6-8-12/h4-9H,10-11,16H2,1-3H3. The van der Waals surface area contributed by atoms with Crippen molar-refractivity contribution in [1.82, 2.24) is 9.78 Å². The molecule has 2 aromatic rings. The van der Waals surface area contributed by atoms with Crippen molar-refractivity contribution in [3.05, 3.63) is 42.1 Å². The summed E-state index contributed by atoms with van der Waals surface area (Å²) in [4.78, 5) is 0. The summed E-state index contributed by atoms with van der Waals surface area (Å²) in [7, 11) is 1.99. The summed E-state index contributed by atoms with van der Waals surface area (Å²) in [5.41, 5.74) is 9.32. The van der Waals surface area contributed by atoms with Crippen LogP contribution in [0, 0.1) is 5.41 Å². The Morgan fingerprint density at radius 1 is 1.22 bits per heavy atom. The predicted octanol–water partition coefficient (Wildman–Crippen LogP) is 2.61. The second-order valence-electron chi connectivity index (χ2n) is 5.56. The fourth-order valence-electron chi connectivity index (χ4n) is 1.98. The molecule has 0 aliphatic carbocycles. The van der Waals surface area contributed by atoms with Gasteiger partial charge in [-0.25, -0.2) is 0 Å². The molecule has 0 unspecified atom stereocenters. The lowest BCUT2D eigenvalue weighted by Gasteiger charge is -2.21. The average molecular weight is 243 g/mol. The minimum atomic E-state index is 0.113. The minimum Gasteiger partial charge on any atom is -0.330 e. The van der Waals surface area contributed by atoms with E-state index in [2.05, 4.69) is 37.1 Å². The molecule has 96 valence electrons. The molecular weight excluding hydrogens is 222 g/mol. The van der Waals surface area contributed by atoms with Gasteiger partial charge in [-0.1, -0.05) is 44.2 Å². The van der Waals surface area contributed by atoms with Gasteiger partial charge in [-0.05, 0) is 24.4 Å². The molecule has 3 nitrogen and oxygen atoms in total. The minimum absolute atomic E-state index is 0.113. The van der Waals surface area contributed by atoms with Crippen molar-refractivity contribution in [2.24, 2.45) is 18.2 Å². The largest absolute Gasteiger partial charge is 0.330 e. The molecular formula is C15H21N3. The van der Waals surface area contributed by atoms with Crippen molar-refractivity contribution >= 4 is 0 Å². The van der Waals surface area contributed by atoms with Crippen molar-refractivity contribution in [2.45, 2.75) is 20.3 Å². The molecule has 0 fully saturated rings. The Labute approximate surface area is 109 Å². The number of hydrogen-bond acceptors (Lipinski definition) is 2. The number of nitrogens with two attached hydrogens (primary N) is 1. The molecule has 1 aromatic carbocycles. The zero-order valence-corrected chi connectivity index (χ0v) is 11.4. The van der Waals surface area contributed by atoms with Gasteiger partial charge in [0, 0.05) is 18.3 Å². The van der Waals surface area contributed by atoms with E-state index in [0.29, 0.717) is 6.54 Å². The van der Waals surface area contributed by atoms with E-state index >= 15 is 0 Å². The van der Waals surface area contributed by atoms with E-state index in [-0.39, 0.29) is 5.41 Å². The second-order valence-corrected chi connectivity index (χ2v) is 5.56. The Hall–Kier alpha value is -1.61. The Balaban J connectivity index is 2.28. The zero-order valence-electron chi connectivity index (χ0n) is 11.4. The lowest BCUT2D eigenvalue weighted by atomic mass is 9.88. The molecule has 0 saturated carbocycles. The molecule has 0 aliphatic heterocycles. The lowest BCUT2D eigenvalue weighted by molar-refractivity contribution is 0.366. The Morgan fingerprint density at radius 2 is 1.89 bits per heavy atom. The van der Waals surface area contributed by atoms with Gasteiger partial charge in [0.15, 0.2) is 0 Å². The van der Waals surface area contributed by atoms with Gasteiger partial charge in [0.05, 0.1) is 5.69 Å². The first-order valence-electron chi connectivity index (χ1n) is 6.30. The first-order valence-corrected chi connectivity index (χ1v) is 6.30. The molecule has 2 N–H and O–H groups in total. The van der Waals surface area contributed by atoms with Crippen LogP contribution in [0.5, 0.6) is 0 Å². The van der Waals surface area contributed by atoms with Gasteiger partial charge >= 0.3 is 0 Å². The molecule has 18 heavy (non-hydrogen) atoms. The third-order valence-corrected chi connectivity index (χ3v) is 3.26. The SMILES string of the molecule is Cn1nc(-c2ccccc2)cc1CC(C)(C)CN. The number of aromatic nitrogens is 2. The van der Waals surface area contributed by atoms with Crippen molar-refractivity contribution in [1.29, 1.82) is 0 Å². The van der Waals surface area contributed by atoms with Crippen LogP contribution in [0.15, 0.2) is 36.4 Å². The molecule has 0 spiro atoms. The molecule has 1 heterocycles. The number of hydrogen-bond donors (Lipinski definition) is 1. The molecule has 1 aromatic heterocycles. The normalized spacial score (nSPS) is 11.8. The smallest absolute Gasteiger partial charge is 0.0925 e. The van der Waals surface area contributed by atoms with Gasteiger partial charge in [0.25, 0.3) is 0 Å². The van der Waals surface area contributed by atoms with Crippen LogP contribution in [0.3, 0.4) is 0 Å². The predicted molar refractivity (Wildman–Crippen MR) is 75.2 cm³/mol. The number of nitrogens with zero attached hydrogens (tertiary/aromatic N) is 2. The highest BCUT2D eigenvalue weighted by molar-refractivity contribution is 5.59. The highest BCUT2D eigenvalue weighted by Gasteiger charge is 2.19. The maximum absolute atomic E-state index is 5.79. The maximum Gasteiger partial charge on any atom is 0.0925 e. The van der Waals surface area contributed by atoms with Gasteiger partial charge in [0.2, 0.25) is 0 Å². The third kappa shape index (κ3) is 2.79. The van der Waals surface area contributed by atoms with Gasteiger partial charge in [0.1, 0.15) is 0 Å². The van der Waals surface area contributed by atoms with E-state index in [1.807, 2.05) is 29.9 Å². The van der Waals surface area contributed by atoms with E-state index in [0.717, 1.165) is 17.7 Å². The van der Waals surface area contributed by atoms with Crippen LogP contribution in [0.2, 0.25) is 0 Å². The van der Waals surface area contributed by atoms with Crippen molar-refractivity contribution in [2.75, 3.05) is 6.54 Å². The zero-order chi connectivity index (χ0) is 13.2. The molecule has 0 atom stereocenters. The summed E-state index contributed by atoms with van der Waals surface area (Å²) in [6.45, 7) is 5.04. The van der Waals surface area contributed by atoms with Gasteiger partial charge < -0.3 is 5.73 Å².